The summed E-state index contributed by atoms with van der Waals surface area (Å²) >= 11 is 1.84. The Kier molecular flexibility index (Phi) is 4.82. The lowest BCUT2D eigenvalue weighted by Crippen LogP contribution is -2.13. The second-order valence-electron chi connectivity index (χ2n) is 4.40. The minimum Gasteiger partial charge on any atom is -0.384 e. The van der Waals surface area contributed by atoms with Crippen LogP contribution in [0.5, 0.6) is 0 Å². The summed E-state index contributed by atoms with van der Waals surface area (Å²) in [5.41, 5.74) is 14.2. The Labute approximate surface area is 118 Å². The van der Waals surface area contributed by atoms with Crippen molar-refractivity contribution in [3.8, 4) is 0 Å². The third kappa shape index (κ3) is 3.98. The third-order valence-corrected chi connectivity index (χ3v) is 3.81. The molecule has 0 saturated carbocycles. The SMILES string of the molecule is CCSc1ccc(C(N)Cc2ccnc(N)c2)cc1. The zero-order valence-electron chi connectivity index (χ0n) is 11.0. The van der Waals surface area contributed by atoms with Gasteiger partial charge < -0.3 is 11.5 Å². The van der Waals surface area contributed by atoms with Crippen molar-refractivity contribution >= 4 is 17.6 Å². The number of anilines is 1. The zero-order valence-corrected chi connectivity index (χ0v) is 11.9. The number of benzene rings is 1. The van der Waals surface area contributed by atoms with Crippen molar-refractivity contribution in [3.63, 3.8) is 0 Å². The van der Waals surface area contributed by atoms with Gasteiger partial charge in [0.25, 0.3) is 0 Å². The van der Waals surface area contributed by atoms with E-state index in [1.807, 2.05) is 23.9 Å². The van der Waals surface area contributed by atoms with Crippen molar-refractivity contribution in [1.29, 1.82) is 0 Å². The van der Waals surface area contributed by atoms with Crippen LogP contribution in [0.3, 0.4) is 0 Å². The first kappa shape index (κ1) is 13.9. The van der Waals surface area contributed by atoms with Crippen molar-refractivity contribution < 1.29 is 0 Å². The molecule has 0 fully saturated rings. The molecule has 1 heterocycles. The van der Waals surface area contributed by atoms with Crippen LogP contribution < -0.4 is 11.5 Å². The summed E-state index contributed by atoms with van der Waals surface area (Å²) in [6.45, 7) is 2.15. The van der Waals surface area contributed by atoms with E-state index in [2.05, 4.69) is 36.2 Å². The number of nitrogens with two attached hydrogens (primary N) is 2. The van der Waals surface area contributed by atoms with Crippen LogP contribution in [0, 0.1) is 0 Å². The number of thioether (sulfide) groups is 1. The van der Waals surface area contributed by atoms with Crippen LogP contribution in [-0.2, 0) is 6.42 Å². The predicted octanol–water partition coefficient (Wildman–Crippen LogP) is 3.02. The standard InChI is InChI=1S/C15H19N3S/c1-2-19-13-5-3-12(4-6-13)14(16)9-11-7-8-18-15(17)10-11/h3-8,10,14H,2,9,16H2,1H3,(H2,17,18). The fraction of sp³-hybridized carbons (Fsp3) is 0.267. The first-order valence-electron chi connectivity index (χ1n) is 6.37. The van der Waals surface area contributed by atoms with E-state index < -0.39 is 0 Å². The summed E-state index contributed by atoms with van der Waals surface area (Å²) in [5, 5.41) is 0. The Morgan fingerprint density at radius 2 is 1.95 bits per heavy atom. The zero-order chi connectivity index (χ0) is 13.7. The maximum Gasteiger partial charge on any atom is 0.123 e. The molecule has 1 aromatic carbocycles. The highest BCUT2D eigenvalue weighted by molar-refractivity contribution is 7.99. The third-order valence-electron chi connectivity index (χ3n) is 2.92. The second-order valence-corrected chi connectivity index (χ2v) is 5.74. The molecule has 0 bridgehead atoms. The Hall–Kier alpha value is -1.52. The molecule has 3 nitrogen and oxygen atoms in total. The molecule has 0 aliphatic rings. The van der Waals surface area contributed by atoms with E-state index >= 15 is 0 Å². The number of nitrogens with zero attached hydrogens (tertiary/aromatic N) is 1. The average Bonchev–Trinajstić information content (AvgIpc) is 2.40. The van der Waals surface area contributed by atoms with E-state index in [9.17, 15) is 0 Å². The van der Waals surface area contributed by atoms with Gasteiger partial charge in [0.2, 0.25) is 0 Å². The van der Waals surface area contributed by atoms with Gasteiger partial charge in [0.1, 0.15) is 5.82 Å². The summed E-state index contributed by atoms with van der Waals surface area (Å²) in [6.07, 6.45) is 2.49. The van der Waals surface area contributed by atoms with Crippen molar-refractivity contribution in [2.75, 3.05) is 11.5 Å². The van der Waals surface area contributed by atoms with E-state index in [4.69, 9.17) is 11.5 Å². The van der Waals surface area contributed by atoms with Crippen molar-refractivity contribution in [3.05, 3.63) is 53.7 Å². The Morgan fingerprint density at radius 3 is 2.58 bits per heavy atom. The number of rotatable bonds is 5. The number of hydrogen-bond acceptors (Lipinski definition) is 4. The van der Waals surface area contributed by atoms with Gasteiger partial charge in [0.15, 0.2) is 0 Å². The Balaban J connectivity index is 2.05. The first-order chi connectivity index (χ1) is 9.19. The highest BCUT2D eigenvalue weighted by Gasteiger charge is 2.07. The van der Waals surface area contributed by atoms with E-state index in [1.54, 1.807) is 6.20 Å². The maximum atomic E-state index is 6.23. The van der Waals surface area contributed by atoms with E-state index in [0.29, 0.717) is 5.82 Å². The topological polar surface area (TPSA) is 64.9 Å². The minimum atomic E-state index is -0.0116. The van der Waals surface area contributed by atoms with Crippen molar-refractivity contribution in [1.82, 2.24) is 4.98 Å². The summed E-state index contributed by atoms with van der Waals surface area (Å²) in [4.78, 5) is 5.27. The molecule has 0 aliphatic heterocycles. The number of hydrogen-bond donors (Lipinski definition) is 2. The van der Waals surface area contributed by atoms with E-state index in [-0.39, 0.29) is 6.04 Å². The van der Waals surface area contributed by atoms with Crippen molar-refractivity contribution in [2.24, 2.45) is 5.73 Å². The quantitative estimate of drug-likeness (QED) is 0.822. The summed E-state index contributed by atoms with van der Waals surface area (Å²) < 4.78 is 0. The molecule has 1 aromatic heterocycles. The highest BCUT2D eigenvalue weighted by Crippen LogP contribution is 2.22. The molecular formula is C15H19N3S. The molecule has 2 rings (SSSR count). The monoisotopic (exact) mass is 273 g/mol. The molecule has 0 saturated heterocycles. The smallest absolute Gasteiger partial charge is 0.123 e. The minimum absolute atomic E-state index is 0.0116. The number of aromatic nitrogens is 1. The molecule has 1 unspecified atom stereocenters. The molecule has 100 valence electrons. The first-order valence-corrected chi connectivity index (χ1v) is 7.36. The second kappa shape index (κ2) is 6.59. The van der Waals surface area contributed by atoms with Gasteiger partial charge in [-0.2, -0.15) is 0 Å². The van der Waals surface area contributed by atoms with Crippen LogP contribution in [0.25, 0.3) is 0 Å². The van der Waals surface area contributed by atoms with Gasteiger partial charge in [-0.05, 0) is 47.6 Å². The maximum absolute atomic E-state index is 6.23. The molecule has 4 N–H and O–H groups in total. The molecule has 0 aliphatic carbocycles. The van der Waals surface area contributed by atoms with Crippen LogP contribution in [0.4, 0.5) is 5.82 Å². The molecule has 0 amide bonds. The average molecular weight is 273 g/mol. The van der Waals surface area contributed by atoms with Gasteiger partial charge in [-0.3, -0.25) is 0 Å². The molecule has 4 heteroatoms. The highest BCUT2D eigenvalue weighted by atomic mass is 32.2. The molecular weight excluding hydrogens is 254 g/mol. The van der Waals surface area contributed by atoms with Gasteiger partial charge in [-0.15, -0.1) is 11.8 Å². The molecule has 0 radical (unpaired) electrons. The fourth-order valence-corrected chi connectivity index (χ4v) is 2.63. The van der Waals surface area contributed by atoms with Crippen LogP contribution in [0.2, 0.25) is 0 Å². The van der Waals surface area contributed by atoms with Gasteiger partial charge in [-0.25, -0.2) is 4.98 Å². The lowest BCUT2D eigenvalue weighted by atomic mass is 10.0. The molecule has 2 aromatic rings. The molecule has 1 atom stereocenters. The normalized spacial score (nSPS) is 12.3. The molecule has 19 heavy (non-hydrogen) atoms. The van der Waals surface area contributed by atoms with Crippen LogP contribution in [0.1, 0.15) is 24.1 Å². The lowest BCUT2D eigenvalue weighted by Gasteiger charge is -2.13. The largest absolute Gasteiger partial charge is 0.384 e. The Bertz CT molecular complexity index is 525. The number of pyridine rings is 1. The van der Waals surface area contributed by atoms with Gasteiger partial charge in [0, 0.05) is 17.1 Å². The Morgan fingerprint density at radius 1 is 1.21 bits per heavy atom. The predicted molar refractivity (Wildman–Crippen MR) is 82.1 cm³/mol. The van der Waals surface area contributed by atoms with Crippen molar-refractivity contribution in [2.45, 2.75) is 24.3 Å². The lowest BCUT2D eigenvalue weighted by molar-refractivity contribution is 0.720. The van der Waals surface area contributed by atoms with E-state index in [1.165, 1.54) is 4.90 Å². The molecule has 0 spiro atoms. The summed E-state index contributed by atoms with van der Waals surface area (Å²) in [6, 6.07) is 12.3. The fourth-order valence-electron chi connectivity index (χ4n) is 1.97. The number of nitrogen functional groups attached to an aromatic ring is 1. The van der Waals surface area contributed by atoms with Crippen LogP contribution >= 0.6 is 11.8 Å². The van der Waals surface area contributed by atoms with Crippen LogP contribution in [0.15, 0.2) is 47.5 Å². The van der Waals surface area contributed by atoms with Crippen LogP contribution in [-0.4, -0.2) is 10.7 Å². The summed E-state index contributed by atoms with van der Waals surface area (Å²) in [7, 11) is 0. The summed E-state index contributed by atoms with van der Waals surface area (Å²) in [5.74, 6) is 1.63. The van der Waals surface area contributed by atoms with Gasteiger partial charge in [-0.1, -0.05) is 19.1 Å². The van der Waals surface area contributed by atoms with Gasteiger partial charge in [0.05, 0.1) is 0 Å². The van der Waals surface area contributed by atoms with E-state index in [0.717, 1.165) is 23.3 Å². The van der Waals surface area contributed by atoms with Gasteiger partial charge >= 0.3 is 0 Å².